The molecular weight excluding hydrogens is 132 g/mol. The Kier molecular flexibility index (Phi) is 2.60. The lowest BCUT2D eigenvalue weighted by molar-refractivity contribution is 0.384. The molecular formula is C11H18. The van der Waals surface area contributed by atoms with Crippen LogP contribution < -0.4 is 0 Å². The topological polar surface area (TPSA) is 0 Å². The SMILES string of the molecule is CC(C)(C)CCC#CC1CC1. The van der Waals surface area contributed by atoms with E-state index in [1.54, 1.807) is 0 Å². The average molecular weight is 150 g/mol. The van der Waals surface area contributed by atoms with Crippen molar-refractivity contribution in [2.24, 2.45) is 11.3 Å². The fourth-order valence-corrected chi connectivity index (χ4v) is 0.882. The van der Waals surface area contributed by atoms with Crippen LogP contribution in [0.3, 0.4) is 0 Å². The van der Waals surface area contributed by atoms with Gasteiger partial charge in [0, 0.05) is 12.3 Å². The van der Waals surface area contributed by atoms with Crippen LogP contribution >= 0.6 is 0 Å². The molecule has 0 amide bonds. The molecule has 0 bridgehead atoms. The van der Waals surface area contributed by atoms with Crippen LogP contribution in [0.5, 0.6) is 0 Å². The lowest BCUT2D eigenvalue weighted by atomic mass is 9.91. The maximum absolute atomic E-state index is 3.28. The average Bonchev–Trinajstić information content (AvgIpc) is 2.60. The van der Waals surface area contributed by atoms with Crippen molar-refractivity contribution in [3.63, 3.8) is 0 Å². The van der Waals surface area contributed by atoms with Crippen LogP contribution in [0.4, 0.5) is 0 Å². The Hall–Kier alpha value is -0.440. The van der Waals surface area contributed by atoms with Crippen molar-refractivity contribution in [2.75, 3.05) is 0 Å². The van der Waals surface area contributed by atoms with Gasteiger partial charge in [-0.1, -0.05) is 26.7 Å². The maximum Gasteiger partial charge on any atom is 0.0203 e. The molecule has 0 N–H and O–H groups in total. The third kappa shape index (κ3) is 4.90. The van der Waals surface area contributed by atoms with Crippen LogP contribution in [0, 0.1) is 23.2 Å². The molecule has 1 aliphatic rings. The minimum absolute atomic E-state index is 0.457. The Morgan fingerprint density at radius 3 is 2.36 bits per heavy atom. The predicted molar refractivity (Wildman–Crippen MR) is 49.2 cm³/mol. The second kappa shape index (κ2) is 3.30. The van der Waals surface area contributed by atoms with E-state index in [0.29, 0.717) is 5.41 Å². The van der Waals surface area contributed by atoms with Crippen LogP contribution in [0.15, 0.2) is 0 Å². The summed E-state index contributed by atoms with van der Waals surface area (Å²) in [6, 6.07) is 0. The highest BCUT2D eigenvalue weighted by molar-refractivity contribution is 5.09. The fraction of sp³-hybridized carbons (Fsp3) is 0.818. The summed E-state index contributed by atoms with van der Waals surface area (Å²) in [6.07, 6.45) is 5.01. The summed E-state index contributed by atoms with van der Waals surface area (Å²) in [5.41, 5.74) is 0.457. The zero-order valence-corrected chi connectivity index (χ0v) is 7.91. The summed E-state index contributed by atoms with van der Waals surface area (Å²) in [7, 11) is 0. The lowest BCUT2D eigenvalue weighted by Gasteiger charge is -2.15. The summed E-state index contributed by atoms with van der Waals surface area (Å²) >= 11 is 0. The first-order valence-electron chi connectivity index (χ1n) is 4.56. The van der Waals surface area contributed by atoms with Gasteiger partial charge in [-0.2, -0.15) is 0 Å². The summed E-state index contributed by atoms with van der Waals surface area (Å²) in [5.74, 6) is 7.31. The van der Waals surface area contributed by atoms with Crippen molar-refractivity contribution in [2.45, 2.75) is 46.5 Å². The van der Waals surface area contributed by atoms with E-state index >= 15 is 0 Å². The van der Waals surface area contributed by atoms with Gasteiger partial charge < -0.3 is 0 Å². The summed E-state index contributed by atoms with van der Waals surface area (Å²) in [5, 5.41) is 0. The third-order valence-corrected chi connectivity index (χ3v) is 1.88. The van der Waals surface area contributed by atoms with Gasteiger partial charge in [0.25, 0.3) is 0 Å². The first kappa shape index (κ1) is 8.65. The Morgan fingerprint density at radius 1 is 1.27 bits per heavy atom. The highest BCUT2D eigenvalue weighted by Crippen LogP contribution is 2.27. The van der Waals surface area contributed by atoms with Gasteiger partial charge in [-0.25, -0.2) is 0 Å². The van der Waals surface area contributed by atoms with Crippen molar-refractivity contribution >= 4 is 0 Å². The molecule has 0 heterocycles. The molecule has 0 aromatic rings. The van der Waals surface area contributed by atoms with Crippen LogP contribution in [0.1, 0.15) is 46.5 Å². The third-order valence-electron chi connectivity index (χ3n) is 1.88. The second-order valence-electron chi connectivity index (χ2n) is 4.66. The van der Waals surface area contributed by atoms with E-state index in [1.807, 2.05) is 0 Å². The summed E-state index contributed by atoms with van der Waals surface area (Å²) < 4.78 is 0. The Morgan fingerprint density at radius 2 is 1.91 bits per heavy atom. The van der Waals surface area contributed by atoms with Crippen LogP contribution in [0.2, 0.25) is 0 Å². The quantitative estimate of drug-likeness (QED) is 0.503. The van der Waals surface area contributed by atoms with E-state index in [-0.39, 0.29) is 0 Å². The van der Waals surface area contributed by atoms with Gasteiger partial charge in [0.1, 0.15) is 0 Å². The molecule has 0 aromatic carbocycles. The standard InChI is InChI=1S/C11H18/c1-11(2,3)9-5-4-6-10-7-8-10/h10H,5,7-9H2,1-3H3. The van der Waals surface area contributed by atoms with Crippen LogP contribution in [-0.4, -0.2) is 0 Å². The van der Waals surface area contributed by atoms with Crippen LogP contribution in [0.25, 0.3) is 0 Å². The molecule has 1 saturated carbocycles. The number of hydrogen-bond acceptors (Lipinski definition) is 0. The zero-order valence-electron chi connectivity index (χ0n) is 7.91. The van der Waals surface area contributed by atoms with Crippen LogP contribution in [-0.2, 0) is 0 Å². The largest absolute Gasteiger partial charge is 0.103 e. The van der Waals surface area contributed by atoms with E-state index in [2.05, 4.69) is 32.6 Å². The molecule has 0 heteroatoms. The first-order valence-corrected chi connectivity index (χ1v) is 4.56. The van der Waals surface area contributed by atoms with Crippen molar-refractivity contribution < 1.29 is 0 Å². The molecule has 0 saturated heterocycles. The smallest absolute Gasteiger partial charge is 0.0203 e. The van der Waals surface area contributed by atoms with Crippen molar-refractivity contribution in [1.29, 1.82) is 0 Å². The van der Waals surface area contributed by atoms with E-state index < -0.39 is 0 Å². The summed E-state index contributed by atoms with van der Waals surface area (Å²) in [4.78, 5) is 0. The van der Waals surface area contributed by atoms with E-state index in [1.165, 1.54) is 19.3 Å². The Labute approximate surface area is 70.4 Å². The minimum atomic E-state index is 0.457. The highest BCUT2D eigenvalue weighted by Gasteiger charge is 2.17. The van der Waals surface area contributed by atoms with Gasteiger partial charge in [-0.3, -0.25) is 0 Å². The zero-order chi connectivity index (χ0) is 8.32. The normalized spacial score (nSPS) is 17.4. The van der Waals surface area contributed by atoms with E-state index in [0.717, 1.165) is 12.3 Å². The molecule has 1 rings (SSSR count). The Balaban J connectivity index is 2.08. The van der Waals surface area contributed by atoms with E-state index in [9.17, 15) is 0 Å². The molecule has 0 radical (unpaired) electrons. The molecule has 0 aromatic heterocycles. The molecule has 1 fully saturated rings. The fourth-order valence-electron chi connectivity index (χ4n) is 0.882. The molecule has 0 atom stereocenters. The Bertz CT molecular complexity index is 168. The van der Waals surface area contributed by atoms with Crippen molar-refractivity contribution in [3.05, 3.63) is 0 Å². The maximum atomic E-state index is 3.28. The molecule has 62 valence electrons. The lowest BCUT2D eigenvalue weighted by Crippen LogP contribution is -2.03. The number of hydrogen-bond donors (Lipinski definition) is 0. The van der Waals surface area contributed by atoms with Gasteiger partial charge in [0.05, 0.1) is 0 Å². The van der Waals surface area contributed by atoms with Gasteiger partial charge in [-0.05, 0) is 24.7 Å². The minimum Gasteiger partial charge on any atom is -0.103 e. The molecule has 0 aliphatic heterocycles. The monoisotopic (exact) mass is 150 g/mol. The summed E-state index contributed by atoms with van der Waals surface area (Å²) in [6.45, 7) is 6.81. The van der Waals surface area contributed by atoms with Gasteiger partial charge in [-0.15, -0.1) is 5.92 Å². The van der Waals surface area contributed by atoms with Gasteiger partial charge in [0.15, 0.2) is 0 Å². The molecule has 0 unspecified atom stereocenters. The van der Waals surface area contributed by atoms with Gasteiger partial charge in [0.2, 0.25) is 0 Å². The highest BCUT2D eigenvalue weighted by atomic mass is 14.2. The predicted octanol–water partition coefficient (Wildman–Crippen LogP) is 3.23. The van der Waals surface area contributed by atoms with Gasteiger partial charge >= 0.3 is 0 Å². The van der Waals surface area contributed by atoms with Crippen molar-refractivity contribution in [3.8, 4) is 11.8 Å². The van der Waals surface area contributed by atoms with E-state index in [4.69, 9.17) is 0 Å². The molecule has 0 nitrogen and oxygen atoms in total. The molecule has 11 heavy (non-hydrogen) atoms. The molecule has 1 aliphatic carbocycles. The number of rotatable bonds is 1. The first-order chi connectivity index (χ1) is 5.08. The molecule has 0 spiro atoms. The second-order valence-corrected chi connectivity index (χ2v) is 4.66. The van der Waals surface area contributed by atoms with Crippen molar-refractivity contribution in [1.82, 2.24) is 0 Å².